The molecule has 20 heavy (non-hydrogen) atoms. The third kappa shape index (κ3) is 2.48. The first-order valence-corrected chi connectivity index (χ1v) is 6.66. The van der Waals surface area contributed by atoms with Gasteiger partial charge >= 0.3 is 0 Å². The highest BCUT2D eigenvalue weighted by Crippen LogP contribution is 2.24. The van der Waals surface area contributed by atoms with Gasteiger partial charge in [-0.2, -0.15) is 0 Å². The summed E-state index contributed by atoms with van der Waals surface area (Å²) in [5, 5.41) is 2.44. The molecule has 0 radical (unpaired) electrons. The van der Waals surface area contributed by atoms with Crippen molar-refractivity contribution in [3.63, 3.8) is 0 Å². The van der Waals surface area contributed by atoms with Crippen LogP contribution >= 0.6 is 0 Å². The van der Waals surface area contributed by atoms with E-state index in [2.05, 4.69) is 53.3 Å². The average Bonchev–Trinajstić information content (AvgIpc) is 2.85. The second-order valence-electron chi connectivity index (χ2n) is 5.19. The number of fused-ring (bicyclic) bond motifs is 1. The number of imidazole rings is 1. The van der Waals surface area contributed by atoms with Crippen LogP contribution in [0, 0.1) is 6.92 Å². The lowest BCUT2D eigenvalue weighted by Crippen LogP contribution is -1.97. The molecular weight excluding hydrogens is 248 g/mol. The predicted molar refractivity (Wildman–Crippen MR) is 80.7 cm³/mol. The van der Waals surface area contributed by atoms with E-state index in [1.807, 2.05) is 0 Å². The molecule has 1 N–H and O–H groups in total. The number of benzene rings is 2. The number of H-pyrrole nitrogens is 1. The fraction of sp³-hybridized carbons (Fsp3) is 0.176. The zero-order chi connectivity index (χ0) is 14.1. The Balaban J connectivity index is 1.99. The number of Topliss-reactive ketones (excluding diaryl/α,β-unsaturated/α-hetero) is 1. The Morgan fingerprint density at radius 3 is 2.70 bits per heavy atom. The monoisotopic (exact) mass is 264 g/mol. The van der Waals surface area contributed by atoms with Crippen molar-refractivity contribution in [2.24, 2.45) is 0 Å². The Kier molecular flexibility index (Phi) is 3.11. The fourth-order valence-corrected chi connectivity index (χ4v) is 2.37. The van der Waals surface area contributed by atoms with Crippen LogP contribution < -0.4 is 0 Å². The van der Waals surface area contributed by atoms with Gasteiger partial charge in [-0.3, -0.25) is 4.79 Å². The summed E-state index contributed by atoms with van der Waals surface area (Å²) in [6, 6.07) is 12.7. The number of nitrogens with zero attached hydrogens (tertiary/aromatic N) is 1. The van der Waals surface area contributed by atoms with E-state index in [1.54, 1.807) is 13.1 Å². The van der Waals surface area contributed by atoms with Gasteiger partial charge in [-0.15, -0.1) is 0 Å². The first kappa shape index (κ1) is 12.6. The molecule has 0 aliphatic heterocycles. The number of carbonyl (C=O) groups is 1. The van der Waals surface area contributed by atoms with Crippen molar-refractivity contribution in [1.29, 1.82) is 0 Å². The van der Waals surface area contributed by atoms with Crippen LogP contribution in [0.2, 0.25) is 0 Å². The maximum Gasteiger partial charge on any atom is 0.137 e. The normalized spacial score (nSPS) is 10.9. The SMILES string of the molecule is CC(=O)Cc1ncc(-c2ccc3cc(C)ccc3c2)[nH]1. The Morgan fingerprint density at radius 1 is 1.15 bits per heavy atom. The Morgan fingerprint density at radius 2 is 1.90 bits per heavy atom. The number of carbonyl (C=O) groups excluding carboxylic acids is 1. The molecule has 0 atom stereocenters. The zero-order valence-corrected chi connectivity index (χ0v) is 11.6. The Bertz CT molecular complexity index is 787. The fourth-order valence-electron chi connectivity index (χ4n) is 2.37. The third-order valence-electron chi connectivity index (χ3n) is 3.35. The third-order valence-corrected chi connectivity index (χ3v) is 3.35. The average molecular weight is 264 g/mol. The van der Waals surface area contributed by atoms with E-state index in [9.17, 15) is 4.79 Å². The van der Waals surface area contributed by atoms with Crippen LogP contribution in [0.15, 0.2) is 42.6 Å². The van der Waals surface area contributed by atoms with Gasteiger partial charge in [-0.1, -0.05) is 35.9 Å². The maximum atomic E-state index is 11.1. The number of aromatic amines is 1. The van der Waals surface area contributed by atoms with Gasteiger partial charge in [0.15, 0.2) is 0 Å². The zero-order valence-electron chi connectivity index (χ0n) is 11.6. The summed E-state index contributed by atoms with van der Waals surface area (Å²) in [5.74, 6) is 0.830. The van der Waals surface area contributed by atoms with E-state index in [0.717, 1.165) is 17.1 Å². The molecule has 0 saturated carbocycles. The van der Waals surface area contributed by atoms with Gasteiger partial charge in [-0.25, -0.2) is 4.98 Å². The molecule has 3 rings (SSSR count). The van der Waals surface area contributed by atoms with Gasteiger partial charge in [-0.05, 0) is 30.7 Å². The summed E-state index contributed by atoms with van der Waals surface area (Å²) >= 11 is 0. The van der Waals surface area contributed by atoms with Gasteiger partial charge in [0.1, 0.15) is 11.6 Å². The molecule has 100 valence electrons. The quantitative estimate of drug-likeness (QED) is 0.784. The summed E-state index contributed by atoms with van der Waals surface area (Å²) in [5.41, 5.74) is 3.29. The van der Waals surface area contributed by atoms with Gasteiger partial charge < -0.3 is 4.98 Å². The molecule has 1 aromatic heterocycles. The molecule has 0 saturated heterocycles. The maximum absolute atomic E-state index is 11.1. The van der Waals surface area contributed by atoms with E-state index in [1.165, 1.54) is 16.3 Å². The minimum Gasteiger partial charge on any atom is -0.342 e. The first-order valence-electron chi connectivity index (χ1n) is 6.66. The van der Waals surface area contributed by atoms with Crippen LogP contribution in [0.5, 0.6) is 0 Å². The van der Waals surface area contributed by atoms with Crippen LogP contribution in [-0.2, 0) is 11.2 Å². The number of aryl methyl sites for hydroxylation is 1. The first-order chi connectivity index (χ1) is 9.61. The standard InChI is InChI=1S/C17H16N2O/c1-11-3-4-14-9-15(6-5-13(14)7-11)16-10-18-17(19-16)8-12(2)20/h3-7,9-10H,8H2,1-2H3,(H,18,19). The number of rotatable bonds is 3. The number of nitrogens with one attached hydrogen (secondary N) is 1. The summed E-state index contributed by atoms with van der Waals surface area (Å²) in [6.45, 7) is 3.66. The number of hydrogen-bond acceptors (Lipinski definition) is 2. The Hall–Kier alpha value is -2.42. The van der Waals surface area contributed by atoms with E-state index in [-0.39, 0.29) is 5.78 Å². The minimum atomic E-state index is 0.111. The van der Waals surface area contributed by atoms with Crippen LogP contribution in [0.1, 0.15) is 18.3 Å². The highest BCUT2D eigenvalue weighted by atomic mass is 16.1. The van der Waals surface area contributed by atoms with E-state index in [4.69, 9.17) is 0 Å². The van der Waals surface area contributed by atoms with E-state index >= 15 is 0 Å². The molecule has 3 heteroatoms. The molecule has 1 heterocycles. The van der Waals surface area contributed by atoms with E-state index < -0.39 is 0 Å². The smallest absolute Gasteiger partial charge is 0.137 e. The van der Waals surface area contributed by atoms with Crippen LogP contribution in [0.25, 0.3) is 22.0 Å². The molecule has 0 amide bonds. The molecule has 0 fully saturated rings. The van der Waals surface area contributed by atoms with Gasteiger partial charge in [0.05, 0.1) is 18.3 Å². The lowest BCUT2D eigenvalue weighted by Gasteiger charge is -2.03. The summed E-state index contributed by atoms with van der Waals surface area (Å²) < 4.78 is 0. The predicted octanol–water partition coefficient (Wildman–Crippen LogP) is 3.67. The molecule has 0 spiro atoms. The van der Waals surface area contributed by atoms with Crippen molar-refractivity contribution >= 4 is 16.6 Å². The molecule has 3 nitrogen and oxygen atoms in total. The van der Waals surface area contributed by atoms with Gasteiger partial charge in [0.2, 0.25) is 0 Å². The van der Waals surface area contributed by atoms with Crippen molar-refractivity contribution in [1.82, 2.24) is 9.97 Å². The molecule has 0 aliphatic rings. The molecule has 0 bridgehead atoms. The van der Waals surface area contributed by atoms with Crippen LogP contribution in [0.3, 0.4) is 0 Å². The number of ketones is 1. The number of hydrogen-bond donors (Lipinski definition) is 1. The summed E-state index contributed by atoms with van der Waals surface area (Å²) in [6.07, 6.45) is 2.14. The van der Waals surface area contributed by atoms with Crippen molar-refractivity contribution < 1.29 is 4.79 Å². The van der Waals surface area contributed by atoms with Gasteiger partial charge in [0, 0.05) is 5.56 Å². The lowest BCUT2D eigenvalue weighted by atomic mass is 10.0. The Labute approximate surface area is 117 Å². The van der Waals surface area contributed by atoms with Crippen molar-refractivity contribution in [2.45, 2.75) is 20.3 Å². The highest BCUT2D eigenvalue weighted by Gasteiger charge is 2.06. The second-order valence-corrected chi connectivity index (χ2v) is 5.19. The lowest BCUT2D eigenvalue weighted by molar-refractivity contribution is -0.116. The number of aromatic nitrogens is 2. The minimum absolute atomic E-state index is 0.111. The summed E-state index contributed by atoms with van der Waals surface area (Å²) in [7, 11) is 0. The van der Waals surface area contributed by atoms with Crippen molar-refractivity contribution in [2.75, 3.05) is 0 Å². The molecule has 2 aromatic carbocycles. The molecular formula is C17H16N2O. The summed E-state index contributed by atoms with van der Waals surface area (Å²) in [4.78, 5) is 18.6. The largest absolute Gasteiger partial charge is 0.342 e. The molecule has 0 aliphatic carbocycles. The van der Waals surface area contributed by atoms with Crippen LogP contribution in [0.4, 0.5) is 0 Å². The highest BCUT2D eigenvalue weighted by molar-refractivity contribution is 5.87. The molecule has 0 unspecified atom stereocenters. The van der Waals surface area contributed by atoms with E-state index in [0.29, 0.717) is 6.42 Å². The molecule has 3 aromatic rings. The second kappa shape index (κ2) is 4.93. The topological polar surface area (TPSA) is 45.8 Å². The van der Waals surface area contributed by atoms with Gasteiger partial charge in [0.25, 0.3) is 0 Å². The van der Waals surface area contributed by atoms with Crippen molar-refractivity contribution in [3.05, 3.63) is 54.0 Å². The van der Waals surface area contributed by atoms with Crippen molar-refractivity contribution in [3.8, 4) is 11.3 Å². The van der Waals surface area contributed by atoms with Crippen LogP contribution in [-0.4, -0.2) is 15.8 Å².